The second kappa shape index (κ2) is 10.1. The van der Waals surface area contributed by atoms with Crippen LogP contribution in [0.15, 0.2) is 65.6 Å². The van der Waals surface area contributed by atoms with Crippen LogP contribution in [0.4, 0.5) is 18.9 Å². The van der Waals surface area contributed by atoms with Crippen LogP contribution in [0.2, 0.25) is 5.02 Å². The Morgan fingerprint density at radius 3 is 2.42 bits per heavy atom. The summed E-state index contributed by atoms with van der Waals surface area (Å²) in [6.07, 6.45) is -3.24. The Balaban J connectivity index is 1.73. The van der Waals surface area contributed by atoms with Crippen LogP contribution >= 0.6 is 11.6 Å². The summed E-state index contributed by atoms with van der Waals surface area (Å²) in [6.45, 7) is 2.32. The van der Waals surface area contributed by atoms with E-state index in [0.29, 0.717) is 42.2 Å². The number of alkyl halides is 3. The lowest BCUT2D eigenvalue weighted by molar-refractivity contribution is -0.137. The second-order valence-corrected chi connectivity index (χ2v) is 10.6. The minimum atomic E-state index is -4.59. The predicted octanol–water partition coefficient (Wildman–Crippen LogP) is 6.50. The SMILES string of the molecule is Cc1c(Cl)cccc1NC(=O)c1ccc(Oc2cccc(C(F)(F)F)c2)c(S(=O)(=O)N2CCCC2)c1. The monoisotopic (exact) mass is 538 g/mol. The van der Waals surface area contributed by atoms with Crippen molar-refractivity contribution < 1.29 is 31.1 Å². The van der Waals surface area contributed by atoms with Gasteiger partial charge in [-0.2, -0.15) is 17.5 Å². The highest BCUT2D eigenvalue weighted by atomic mass is 35.5. The molecular weight excluding hydrogens is 517 g/mol. The number of halogens is 4. The van der Waals surface area contributed by atoms with Crippen molar-refractivity contribution >= 4 is 33.2 Å². The number of ether oxygens (including phenoxy) is 1. The fourth-order valence-corrected chi connectivity index (χ4v) is 5.63. The molecule has 36 heavy (non-hydrogen) atoms. The Labute approximate surface area is 211 Å². The summed E-state index contributed by atoms with van der Waals surface area (Å²) in [6, 6.07) is 12.9. The quantitative estimate of drug-likeness (QED) is 0.389. The maximum Gasteiger partial charge on any atom is 0.416 e. The van der Waals surface area contributed by atoms with E-state index in [1.54, 1.807) is 25.1 Å². The number of rotatable bonds is 6. The van der Waals surface area contributed by atoms with Crippen molar-refractivity contribution in [1.29, 1.82) is 0 Å². The zero-order valence-electron chi connectivity index (χ0n) is 19.1. The molecule has 1 saturated heterocycles. The number of carbonyl (C=O) groups excluding carboxylic acids is 1. The van der Waals surface area contributed by atoms with E-state index in [0.717, 1.165) is 12.1 Å². The number of benzene rings is 3. The van der Waals surface area contributed by atoms with E-state index in [1.165, 1.54) is 34.6 Å². The fourth-order valence-electron chi connectivity index (χ4n) is 3.80. The Morgan fingerprint density at radius 1 is 1.03 bits per heavy atom. The molecule has 1 heterocycles. The maximum atomic E-state index is 13.4. The molecule has 3 aromatic rings. The van der Waals surface area contributed by atoms with Crippen molar-refractivity contribution in [1.82, 2.24) is 4.31 Å². The molecule has 190 valence electrons. The van der Waals surface area contributed by atoms with E-state index in [-0.39, 0.29) is 22.0 Å². The number of hydrogen-bond donors (Lipinski definition) is 1. The zero-order chi connectivity index (χ0) is 26.1. The van der Waals surface area contributed by atoms with E-state index in [9.17, 15) is 26.4 Å². The molecule has 0 bridgehead atoms. The third-order valence-corrected chi connectivity index (χ3v) is 8.12. The van der Waals surface area contributed by atoms with E-state index < -0.39 is 27.7 Å². The van der Waals surface area contributed by atoms with Gasteiger partial charge in [0.1, 0.15) is 16.4 Å². The number of nitrogens with zero attached hydrogens (tertiary/aromatic N) is 1. The summed E-state index contributed by atoms with van der Waals surface area (Å²) in [4.78, 5) is 12.7. The van der Waals surface area contributed by atoms with E-state index >= 15 is 0 Å². The smallest absolute Gasteiger partial charge is 0.416 e. The van der Waals surface area contributed by atoms with Gasteiger partial charge in [0.25, 0.3) is 5.91 Å². The van der Waals surface area contributed by atoms with Gasteiger partial charge in [0.15, 0.2) is 0 Å². The minimum Gasteiger partial charge on any atom is -0.456 e. The van der Waals surface area contributed by atoms with Crippen molar-refractivity contribution in [2.45, 2.75) is 30.8 Å². The molecule has 0 spiro atoms. The largest absolute Gasteiger partial charge is 0.456 e. The summed E-state index contributed by atoms with van der Waals surface area (Å²) in [7, 11) is -4.09. The van der Waals surface area contributed by atoms with Gasteiger partial charge in [-0.05, 0) is 73.9 Å². The van der Waals surface area contributed by atoms with Gasteiger partial charge in [0.2, 0.25) is 10.0 Å². The average Bonchev–Trinajstić information content (AvgIpc) is 3.38. The van der Waals surface area contributed by atoms with Crippen LogP contribution in [-0.4, -0.2) is 31.7 Å². The van der Waals surface area contributed by atoms with Gasteiger partial charge in [-0.3, -0.25) is 4.79 Å². The van der Waals surface area contributed by atoms with Crippen LogP contribution in [0.1, 0.15) is 34.3 Å². The minimum absolute atomic E-state index is 0.0311. The Morgan fingerprint density at radius 2 is 1.72 bits per heavy atom. The lowest BCUT2D eigenvalue weighted by Crippen LogP contribution is -2.28. The highest BCUT2D eigenvalue weighted by Gasteiger charge is 2.33. The third-order valence-electron chi connectivity index (χ3n) is 5.79. The van der Waals surface area contributed by atoms with Crippen LogP contribution in [0.3, 0.4) is 0 Å². The highest BCUT2D eigenvalue weighted by Crippen LogP contribution is 2.36. The normalized spacial score (nSPS) is 14.6. The van der Waals surface area contributed by atoms with Gasteiger partial charge < -0.3 is 10.1 Å². The zero-order valence-corrected chi connectivity index (χ0v) is 20.7. The molecule has 0 aliphatic carbocycles. The number of sulfonamides is 1. The van der Waals surface area contributed by atoms with Crippen LogP contribution in [0, 0.1) is 6.92 Å². The Kier molecular flexibility index (Phi) is 7.31. The Hall–Kier alpha value is -3.08. The maximum absolute atomic E-state index is 13.4. The molecule has 1 aliphatic heterocycles. The lowest BCUT2D eigenvalue weighted by atomic mass is 10.1. The molecule has 6 nitrogen and oxygen atoms in total. The highest BCUT2D eigenvalue weighted by molar-refractivity contribution is 7.89. The molecule has 0 atom stereocenters. The molecular formula is C25H22ClF3N2O4S. The molecule has 4 rings (SSSR count). The van der Waals surface area contributed by atoms with E-state index in [4.69, 9.17) is 16.3 Å². The first-order valence-corrected chi connectivity index (χ1v) is 12.8. The molecule has 1 fully saturated rings. The Bertz CT molecular complexity index is 1400. The summed E-state index contributed by atoms with van der Waals surface area (Å²) in [5, 5.41) is 3.16. The molecule has 1 aliphatic rings. The van der Waals surface area contributed by atoms with Gasteiger partial charge in [-0.15, -0.1) is 0 Å². The summed E-state index contributed by atoms with van der Waals surface area (Å²) >= 11 is 6.12. The van der Waals surface area contributed by atoms with Crippen LogP contribution in [0.5, 0.6) is 11.5 Å². The molecule has 0 aromatic heterocycles. The van der Waals surface area contributed by atoms with Crippen molar-refractivity contribution in [3.63, 3.8) is 0 Å². The third kappa shape index (κ3) is 5.50. The first-order chi connectivity index (χ1) is 17.0. The van der Waals surface area contributed by atoms with Gasteiger partial charge in [0, 0.05) is 29.4 Å². The van der Waals surface area contributed by atoms with Gasteiger partial charge in [0.05, 0.1) is 5.56 Å². The first kappa shape index (κ1) is 26.0. The number of hydrogen-bond acceptors (Lipinski definition) is 4. The van der Waals surface area contributed by atoms with Crippen molar-refractivity contribution in [2.75, 3.05) is 18.4 Å². The first-order valence-electron chi connectivity index (χ1n) is 11.0. The number of anilines is 1. The van der Waals surface area contributed by atoms with Crippen LogP contribution in [0.25, 0.3) is 0 Å². The van der Waals surface area contributed by atoms with Gasteiger partial charge >= 0.3 is 6.18 Å². The van der Waals surface area contributed by atoms with Crippen molar-refractivity contribution in [2.24, 2.45) is 0 Å². The summed E-state index contributed by atoms with van der Waals surface area (Å²) in [5.74, 6) is -0.949. The summed E-state index contributed by atoms with van der Waals surface area (Å²) in [5.41, 5.74) is 0.197. The number of carbonyl (C=O) groups is 1. The molecule has 0 unspecified atom stereocenters. The van der Waals surface area contributed by atoms with Crippen molar-refractivity contribution in [3.8, 4) is 11.5 Å². The second-order valence-electron chi connectivity index (χ2n) is 8.27. The van der Waals surface area contributed by atoms with Crippen LogP contribution in [-0.2, 0) is 16.2 Å². The molecule has 11 heteroatoms. The lowest BCUT2D eigenvalue weighted by Gasteiger charge is -2.19. The average molecular weight is 539 g/mol. The van der Waals surface area contributed by atoms with E-state index in [1.807, 2.05) is 0 Å². The molecule has 3 aromatic carbocycles. The van der Waals surface area contributed by atoms with Crippen LogP contribution < -0.4 is 10.1 Å². The number of amides is 1. The van der Waals surface area contributed by atoms with Gasteiger partial charge in [-0.25, -0.2) is 8.42 Å². The van der Waals surface area contributed by atoms with Gasteiger partial charge in [-0.1, -0.05) is 23.7 Å². The standard InChI is InChI=1S/C25H22ClF3N2O4S/c1-16-20(26)8-5-9-21(16)30-24(32)17-10-11-22(23(14-17)36(33,34)31-12-2-3-13-31)35-19-7-4-6-18(15-19)25(27,28)29/h4-11,14-15H,2-3,12-13H2,1H3,(H,30,32). The molecule has 1 amide bonds. The number of nitrogens with one attached hydrogen (secondary N) is 1. The fraction of sp³-hybridized carbons (Fsp3) is 0.240. The molecule has 0 radical (unpaired) electrons. The molecule has 1 N–H and O–H groups in total. The van der Waals surface area contributed by atoms with E-state index in [2.05, 4.69) is 5.32 Å². The summed E-state index contributed by atoms with van der Waals surface area (Å²) < 4.78 is 73.2. The predicted molar refractivity (Wildman–Crippen MR) is 130 cm³/mol. The topological polar surface area (TPSA) is 75.7 Å². The molecule has 0 saturated carbocycles. The van der Waals surface area contributed by atoms with Crippen molar-refractivity contribution in [3.05, 3.63) is 82.4 Å².